The number of alkyl carbamates (subject to hydrolysis) is 1. The highest BCUT2D eigenvalue weighted by atomic mass is 35.5. The van der Waals surface area contributed by atoms with Crippen LogP contribution in [-0.4, -0.2) is 48.4 Å². The first-order valence-electron chi connectivity index (χ1n) is 3.48. The van der Waals surface area contributed by atoms with Gasteiger partial charge in [-0.1, -0.05) is 11.6 Å². The Balaban J connectivity index is 3.44. The lowest BCUT2D eigenvalue weighted by Crippen LogP contribution is -2.35. The summed E-state index contributed by atoms with van der Waals surface area (Å²) < 4.78 is 4.33. The van der Waals surface area contributed by atoms with Crippen molar-refractivity contribution in [2.75, 3.05) is 26.2 Å². The van der Waals surface area contributed by atoms with Crippen LogP contribution in [0.1, 0.15) is 0 Å². The molecule has 0 saturated carbocycles. The molecule has 0 fully saturated rings. The summed E-state index contributed by atoms with van der Waals surface area (Å²) in [5, 5.41) is 10.7. The molecule has 0 aromatic rings. The lowest BCUT2D eigenvalue weighted by atomic mass is 10.6. The Morgan fingerprint density at radius 3 is 2.69 bits per heavy atom. The van der Waals surface area contributed by atoms with Gasteiger partial charge in [0.25, 0.3) is 0 Å². The van der Waals surface area contributed by atoms with Crippen LogP contribution in [0.4, 0.5) is 9.59 Å². The van der Waals surface area contributed by atoms with Crippen molar-refractivity contribution in [2.24, 2.45) is 0 Å². The van der Waals surface area contributed by atoms with Gasteiger partial charge in [-0.05, 0) is 0 Å². The van der Waals surface area contributed by atoms with Gasteiger partial charge in [-0.15, -0.1) is 0 Å². The Hall–Kier alpha value is -1.17. The maximum atomic E-state index is 10.6. The number of carbonyl (C=O) groups is 2. The zero-order valence-electron chi connectivity index (χ0n) is 7.12. The van der Waals surface area contributed by atoms with Crippen molar-refractivity contribution in [3.8, 4) is 0 Å². The molecule has 0 rings (SSSR count). The Morgan fingerprint density at radius 2 is 2.23 bits per heavy atom. The number of hydrogen-bond acceptors (Lipinski definition) is 3. The molecule has 7 heteroatoms. The Labute approximate surface area is 80.4 Å². The van der Waals surface area contributed by atoms with Crippen molar-refractivity contribution in [1.82, 2.24) is 10.2 Å². The Kier molecular flexibility index (Phi) is 5.79. The van der Waals surface area contributed by atoms with Crippen LogP contribution in [0.5, 0.6) is 0 Å². The summed E-state index contributed by atoms with van der Waals surface area (Å²) in [5.41, 5.74) is 0. The van der Waals surface area contributed by atoms with E-state index in [1.54, 1.807) is 0 Å². The fraction of sp³-hybridized carbons (Fsp3) is 0.667. The fourth-order valence-corrected chi connectivity index (χ4v) is 0.621. The third-order valence-electron chi connectivity index (χ3n) is 1.23. The normalized spacial score (nSPS) is 9.08. The standard InChI is InChI=1S/C6H11ClN2O4/c1-9(6(11)12)3-2-8-5(10)13-4-7/h2-4H2,1H3,(H,8,10)(H,11,12). The summed E-state index contributed by atoms with van der Waals surface area (Å²) in [6.45, 7) is 0.394. The number of alkyl halides is 1. The summed E-state index contributed by atoms with van der Waals surface area (Å²) >= 11 is 5.10. The second-order valence-corrected chi connectivity index (χ2v) is 2.39. The second-order valence-electron chi connectivity index (χ2n) is 2.17. The van der Waals surface area contributed by atoms with Crippen LogP contribution in [-0.2, 0) is 4.74 Å². The van der Waals surface area contributed by atoms with Gasteiger partial charge < -0.3 is 20.1 Å². The van der Waals surface area contributed by atoms with Crippen LogP contribution in [0.2, 0.25) is 0 Å². The third-order valence-corrected chi connectivity index (χ3v) is 1.34. The topological polar surface area (TPSA) is 78.9 Å². The van der Waals surface area contributed by atoms with E-state index in [9.17, 15) is 9.59 Å². The molecule has 76 valence electrons. The molecule has 0 saturated heterocycles. The smallest absolute Gasteiger partial charge is 0.408 e. The van der Waals surface area contributed by atoms with Gasteiger partial charge in [0, 0.05) is 20.1 Å². The molecule has 0 spiro atoms. The monoisotopic (exact) mass is 210 g/mol. The Morgan fingerprint density at radius 1 is 1.62 bits per heavy atom. The largest absolute Gasteiger partial charge is 0.465 e. The predicted octanol–water partition coefficient (Wildman–Crippen LogP) is 0.519. The third kappa shape index (κ3) is 6.03. The lowest BCUT2D eigenvalue weighted by molar-refractivity contribution is 0.150. The van der Waals surface area contributed by atoms with E-state index in [0.29, 0.717) is 0 Å². The van der Waals surface area contributed by atoms with Gasteiger partial charge in [-0.3, -0.25) is 0 Å². The minimum absolute atomic E-state index is 0.193. The van der Waals surface area contributed by atoms with Crippen LogP contribution in [0.15, 0.2) is 0 Å². The van der Waals surface area contributed by atoms with Crippen molar-refractivity contribution in [3.05, 3.63) is 0 Å². The number of ether oxygens (including phenoxy) is 1. The molecule has 0 aromatic heterocycles. The summed E-state index contributed by atoms with van der Waals surface area (Å²) in [6.07, 6.45) is -1.71. The molecule has 0 bridgehead atoms. The number of hydrogen-bond donors (Lipinski definition) is 2. The summed E-state index contributed by atoms with van der Waals surface area (Å²) in [6, 6.07) is -0.222. The molecule has 0 aromatic carbocycles. The predicted molar refractivity (Wildman–Crippen MR) is 45.9 cm³/mol. The summed E-state index contributed by atoms with van der Waals surface area (Å²) in [7, 11) is 1.40. The van der Waals surface area contributed by atoms with E-state index in [1.165, 1.54) is 7.05 Å². The first-order chi connectivity index (χ1) is 6.07. The van der Waals surface area contributed by atoms with E-state index < -0.39 is 12.2 Å². The van der Waals surface area contributed by atoms with Gasteiger partial charge in [0.1, 0.15) is 0 Å². The quantitative estimate of drug-likeness (QED) is 0.663. The Bertz CT molecular complexity index is 187. The number of carbonyl (C=O) groups excluding carboxylic acids is 1. The molecule has 13 heavy (non-hydrogen) atoms. The van der Waals surface area contributed by atoms with Crippen molar-refractivity contribution in [1.29, 1.82) is 0 Å². The number of likely N-dealkylation sites (N-methyl/N-ethyl adjacent to an activating group) is 1. The highest BCUT2D eigenvalue weighted by Gasteiger charge is 2.05. The number of nitrogens with zero attached hydrogens (tertiary/aromatic N) is 1. The van der Waals surface area contributed by atoms with Crippen molar-refractivity contribution in [3.63, 3.8) is 0 Å². The van der Waals surface area contributed by atoms with Crippen LogP contribution >= 0.6 is 11.6 Å². The highest BCUT2D eigenvalue weighted by Crippen LogP contribution is 1.83. The molecular weight excluding hydrogens is 200 g/mol. The van der Waals surface area contributed by atoms with Gasteiger partial charge in [-0.2, -0.15) is 0 Å². The first kappa shape index (κ1) is 11.8. The van der Waals surface area contributed by atoms with Gasteiger partial charge in [-0.25, -0.2) is 9.59 Å². The molecule has 2 N–H and O–H groups in total. The van der Waals surface area contributed by atoms with Gasteiger partial charge in [0.15, 0.2) is 6.07 Å². The molecule has 0 aliphatic heterocycles. The first-order valence-corrected chi connectivity index (χ1v) is 4.02. The SMILES string of the molecule is CN(CCNC(=O)OCCl)C(=O)O. The zero-order valence-corrected chi connectivity index (χ0v) is 7.87. The number of rotatable bonds is 4. The van der Waals surface area contributed by atoms with E-state index in [4.69, 9.17) is 16.7 Å². The van der Waals surface area contributed by atoms with E-state index in [-0.39, 0.29) is 19.2 Å². The van der Waals surface area contributed by atoms with Crippen molar-refractivity contribution >= 4 is 23.8 Å². The molecule has 0 aliphatic rings. The minimum atomic E-state index is -1.05. The van der Waals surface area contributed by atoms with E-state index in [2.05, 4.69) is 10.1 Å². The lowest BCUT2D eigenvalue weighted by Gasteiger charge is -2.12. The highest BCUT2D eigenvalue weighted by molar-refractivity contribution is 6.17. The average molecular weight is 211 g/mol. The molecule has 0 unspecified atom stereocenters. The summed E-state index contributed by atoms with van der Waals surface area (Å²) in [4.78, 5) is 21.9. The maximum absolute atomic E-state index is 10.6. The van der Waals surface area contributed by atoms with Crippen LogP contribution in [0.25, 0.3) is 0 Å². The van der Waals surface area contributed by atoms with Gasteiger partial charge in [0.05, 0.1) is 0 Å². The number of carboxylic acid groups (broad SMARTS) is 1. The van der Waals surface area contributed by atoms with Crippen LogP contribution < -0.4 is 5.32 Å². The molecular formula is C6H11ClN2O4. The molecule has 6 nitrogen and oxygen atoms in total. The van der Waals surface area contributed by atoms with Crippen molar-refractivity contribution < 1.29 is 19.4 Å². The number of nitrogens with one attached hydrogen (secondary N) is 1. The van der Waals surface area contributed by atoms with Gasteiger partial charge in [0.2, 0.25) is 0 Å². The molecule has 0 heterocycles. The zero-order chi connectivity index (χ0) is 10.3. The maximum Gasteiger partial charge on any atom is 0.408 e. The van der Waals surface area contributed by atoms with Crippen molar-refractivity contribution in [2.45, 2.75) is 0 Å². The fourth-order valence-electron chi connectivity index (χ4n) is 0.522. The molecule has 2 amide bonds. The van der Waals surface area contributed by atoms with Crippen LogP contribution in [0.3, 0.4) is 0 Å². The number of halogens is 1. The average Bonchev–Trinajstić information content (AvgIpc) is 2.04. The molecule has 0 aliphatic carbocycles. The van der Waals surface area contributed by atoms with Crippen LogP contribution in [0, 0.1) is 0 Å². The second kappa shape index (κ2) is 6.36. The molecule has 0 atom stereocenters. The van der Waals surface area contributed by atoms with E-state index in [0.717, 1.165) is 4.90 Å². The molecule has 0 radical (unpaired) electrons. The van der Waals surface area contributed by atoms with Gasteiger partial charge >= 0.3 is 12.2 Å². The van der Waals surface area contributed by atoms with E-state index >= 15 is 0 Å². The minimum Gasteiger partial charge on any atom is -0.465 e. The number of amides is 2. The summed E-state index contributed by atoms with van der Waals surface area (Å²) in [5.74, 6) is 0. The van der Waals surface area contributed by atoms with E-state index in [1.807, 2.05) is 0 Å².